The zero-order valence-electron chi connectivity index (χ0n) is 16.4. The van der Waals surface area contributed by atoms with Crippen LogP contribution in [0.2, 0.25) is 0 Å². The molecule has 1 aromatic carbocycles. The minimum Gasteiger partial charge on any atom is -0.365 e. The Morgan fingerprint density at radius 1 is 1.00 bits per heavy atom. The van der Waals surface area contributed by atoms with E-state index in [2.05, 4.69) is 10.3 Å². The predicted octanol–water partition coefficient (Wildman–Crippen LogP) is 5.51. The van der Waals surface area contributed by atoms with Crippen molar-refractivity contribution < 1.29 is 9.59 Å². The lowest BCUT2D eigenvalue weighted by Gasteiger charge is -2.09. The van der Waals surface area contributed by atoms with E-state index in [4.69, 9.17) is 5.73 Å². The molecule has 0 bridgehead atoms. The average molecular weight is 434 g/mol. The molecule has 3 heterocycles. The maximum atomic E-state index is 13.0. The molecule has 5 nitrogen and oxygen atoms in total. The van der Waals surface area contributed by atoms with Crippen LogP contribution in [0.4, 0.5) is 5.00 Å². The number of primary amides is 1. The third kappa shape index (κ3) is 3.77. The van der Waals surface area contributed by atoms with E-state index in [1.54, 1.807) is 24.3 Å². The van der Waals surface area contributed by atoms with Gasteiger partial charge in [0.2, 0.25) is 0 Å². The standard InChI is InChI=1S/C23H19N3O2S2/c1-13-16(10-11-17(25-13)18-9-6-12-29-18)22(28)26-23-20(21(24)27)19(14(2)30-23)15-7-4-3-5-8-15/h3-12H,1-2H3,(H2,24,27)(H,26,28). The van der Waals surface area contributed by atoms with Gasteiger partial charge in [0.25, 0.3) is 11.8 Å². The Hall–Kier alpha value is -3.29. The fraction of sp³-hybridized carbons (Fsp3) is 0.0870. The molecule has 4 rings (SSSR count). The Balaban J connectivity index is 1.68. The molecule has 30 heavy (non-hydrogen) atoms. The molecule has 0 radical (unpaired) electrons. The number of aromatic nitrogens is 1. The normalized spacial score (nSPS) is 10.7. The van der Waals surface area contributed by atoms with Crippen LogP contribution in [0, 0.1) is 13.8 Å². The summed E-state index contributed by atoms with van der Waals surface area (Å²) in [5.74, 6) is -0.891. The average Bonchev–Trinajstić information content (AvgIpc) is 3.36. The van der Waals surface area contributed by atoms with Crippen LogP contribution in [0.15, 0.2) is 60.0 Å². The van der Waals surface area contributed by atoms with Crippen molar-refractivity contribution >= 4 is 39.5 Å². The molecule has 4 aromatic rings. The Bertz CT molecular complexity index is 1230. The number of anilines is 1. The molecule has 0 unspecified atom stereocenters. The van der Waals surface area contributed by atoms with Gasteiger partial charge in [-0.25, -0.2) is 0 Å². The number of amides is 2. The molecule has 0 spiro atoms. The first-order valence-electron chi connectivity index (χ1n) is 9.27. The van der Waals surface area contributed by atoms with Crippen molar-refractivity contribution in [1.82, 2.24) is 4.98 Å². The zero-order chi connectivity index (χ0) is 21.3. The summed E-state index contributed by atoms with van der Waals surface area (Å²) < 4.78 is 0. The van der Waals surface area contributed by atoms with Crippen LogP contribution in [0.3, 0.4) is 0 Å². The number of thiophene rings is 2. The van der Waals surface area contributed by atoms with Gasteiger partial charge in [-0.05, 0) is 43.0 Å². The van der Waals surface area contributed by atoms with Crippen LogP contribution in [0.1, 0.15) is 31.3 Å². The lowest BCUT2D eigenvalue weighted by atomic mass is 10.0. The van der Waals surface area contributed by atoms with Crippen LogP contribution in [0.25, 0.3) is 21.7 Å². The minimum atomic E-state index is -0.573. The number of rotatable bonds is 5. The van der Waals surface area contributed by atoms with Crippen molar-refractivity contribution in [3.05, 3.63) is 81.7 Å². The number of nitrogens with one attached hydrogen (secondary N) is 1. The largest absolute Gasteiger partial charge is 0.365 e. The SMILES string of the molecule is Cc1nc(-c2cccs2)ccc1C(=O)Nc1sc(C)c(-c2ccccc2)c1C(N)=O. The summed E-state index contributed by atoms with van der Waals surface area (Å²) in [6.45, 7) is 3.72. The maximum absolute atomic E-state index is 13.0. The fourth-order valence-corrected chi connectivity index (χ4v) is 5.13. The Morgan fingerprint density at radius 3 is 2.40 bits per heavy atom. The summed E-state index contributed by atoms with van der Waals surface area (Å²) in [4.78, 5) is 31.7. The number of hydrogen-bond acceptors (Lipinski definition) is 5. The molecule has 0 aliphatic heterocycles. The van der Waals surface area contributed by atoms with Gasteiger partial charge in [-0.1, -0.05) is 36.4 Å². The number of carbonyl (C=O) groups is 2. The summed E-state index contributed by atoms with van der Waals surface area (Å²) in [7, 11) is 0. The van der Waals surface area contributed by atoms with E-state index in [0.29, 0.717) is 21.8 Å². The number of hydrogen-bond donors (Lipinski definition) is 2. The first kappa shape index (κ1) is 20.0. The van der Waals surface area contributed by atoms with E-state index in [9.17, 15) is 9.59 Å². The second kappa shape index (κ2) is 8.22. The van der Waals surface area contributed by atoms with E-state index in [1.807, 2.05) is 60.8 Å². The molecule has 0 saturated carbocycles. The van der Waals surface area contributed by atoms with E-state index in [1.165, 1.54) is 11.3 Å². The molecule has 2 amide bonds. The third-order valence-corrected chi connectivity index (χ3v) is 6.64. The highest BCUT2D eigenvalue weighted by Gasteiger charge is 2.23. The molecular weight excluding hydrogens is 414 g/mol. The van der Waals surface area contributed by atoms with Gasteiger partial charge in [0.1, 0.15) is 5.00 Å². The molecular formula is C23H19N3O2S2. The molecule has 0 aliphatic rings. The molecule has 0 atom stereocenters. The van der Waals surface area contributed by atoms with E-state index in [-0.39, 0.29) is 5.91 Å². The van der Waals surface area contributed by atoms with E-state index >= 15 is 0 Å². The smallest absolute Gasteiger partial charge is 0.258 e. The van der Waals surface area contributed by atoms with Crippen LogP contribution in [0.5, 0.6) is 0 Å². The van der Waals surface area contributed by atoms with Gasteiger partial charge in [0.05, 0.1) is 27.4 Å². The molecule has 0 saturated heterocycles. The van der Waals surface area contributed by atoms with Gasteiger partial charge in [0, 0.05) is 10.4 Å². The zero-order valence-corrected chi connectivity index (χ0v) is 18.1. The van der Waals surface area contributed by atoms with Gasteiger partial charge >= 0.3 is 0 Å². The number of benzene rings is 1. The monoisotopic (exact) mass is 433 g/mol. The highest BCUT2D eigenvalue weighted by Crippen LogP contribution is 2.39. The number of pyridine rings is 1. The van der Waals surface area contributed by atoms with Crippen LogP contribution in [-0.2, 0) is 0 Å². The van der Waals surface area contributed by atoms with Crippen molar-refractivity contribution in [2.75, 3.05) is 5.32 Å². The number of carbonyl (C=O) groups excluding carboxylic acids is 2. The first-order chi connectivity index (χ1) is 14.5. The van der Waals surface area contributed by atoms with Crippen LogP contribution < -0.4 is 11.1 Å². The Labute approximate surface area is 182 Å². The van der Waals surface area contributed by atoms with Crippen molar-refractivity contribution in [3.63, 3.8) is 0 Å². The summed E-state index contributed by atoms with van der Waals surface area (Å²) in [6.07, 6.45) is 0. The second-order valence-electron chi connectivity index (χ2n) is 6.73. The van der Waals surface area contributed by atoms with Gasteiger partial charge in [-0.3, -0.25) is 14.6 Å². The predicted molar refractivity (Wildman–Crippen MR) is 123 cm³/mol. The summed E-state index contributed by atoms with van der Waals surface area (Å²) in [6, 6.07) is 17.1. The topological polar surface area (TPSA) is 85.1 Å². The molecule has 3 N–H and O–H groups in total. The molecule has 0 fully saturated rings. The summed E-state index contributed by atoms with van der Waals surface area (Å²) >= 11 is 2.94. The summed E-state index contributed by atoms with van der Waals surface area (Å²) in [5, 5.41) is 5.31. The first-order valence-corrected chi connectivity index (χ1v) is 11.0. The summed E-state index contributed by atoms with van der Waals surface area (Å²) in [5.41, 5.74) is 9.57. The highest BCUT2D eigenvalue weighted by molar-refractivity contribution is 7.17. The number of aryl methyl sites for hydroxylation is 2. The molecule has 7 heteroatoms. The maximum Gasteiger partial charge on any atom is 0.258 e. The van der Waals surface area contributed by atoms with Gasteiger partial charge < -0.3 is 11.1 Å². The lowest BCUT2D eigenvalue weighted by molar-refractivity contribution is 0.100. The minimum absolute atomic E-state index is 0.318. The molecule has 0 aliphatic carbocycles. The quantitative estimate of drug-likeness (QED) is 0.435. The molecule has 3 aromatic heterocycles. The van der Waals surface area contributed by atoms with Gasteiger partial charge in [0.15, 0.2) is 0 Å². The van der Waals surface area contributed by atoms with Crippen LogP contribution in [-0.4, -0.2) is 16.8 Å². The molecule has 150 valence electrons. The number of nitrogens with two attached hydrogens (primary N) is 1. The van der Waals surface area contributed by atoms with Crippen molar-refractivity contribution in [1.29, 1.82) is 0 Å². The third-order valence-electron chi connectivity index (χ3n) is 4.72. The van der Waals surface area contributed by atoms with Crippen molar-refractivity contribution in [3.8, 4) is 21.7 Å². The van der Waals surface area contributed by atoms with Crippen molar-refractivity contribution in [2.24, 2.45) is 5.73 Å². The second-order valence-corrected chi connectivity index (χ2v) is 8.90. The van der Waals surface area contributed by atoms with Crippen molar-refractivity contribution in [2.45, 2.75) is 13.8 Å². The van der Waals surface area contributed by atoms with E-state index in [0.717, 1.165) is 26.6 Å². The lowest BCUT2D eigenvalue weighted by Crippen LogP contribution is -2.18. The number of nitrogens with zero attached hydrogens (tertiary/aromatic N) is 1. The van der Waals surface area contributed by atoms with Gasteiger partial charge in [-0.15, -0.1) is 22.7 Å². The van der Waals surface area contributed by atoms with Crippen LogP contribution >= 0.6 is 22.7 Å². The Morgan fingerprint density at radius 2 is 1.77 bits per heavy atom. The van der Waals surface area contributed by atoms with E-state index < -0.39 is 5.91 Å². The highest BCUT2D eigenvalue weighted by atomic mass is 32.1. The van der Waals surface area contributed by atoms with Gasteiger partial charge in [-0.2, -0.15) is 0 Å². The Kier molecular flexibility index (Phi) is 5.48. The fourth-order valence-electron chi connectivity index (χ4n) is 3.35.